The van der Waals surface area contributed by atoms with Crippen LogP contribution in [0.4, 0.5) is 0 Å². The number of hydrogen-bond acceptors (Lipinski definition) is 4. The Balaban J connectivity index is 2.22. The second kappa shape index (κ2) is 4.81. The van der Waals surface area contributed by atoms with Gasteiger partial charge in [0.15, 0.2) is 0 Å². The Hall–Kier alpha value is -1.10. The van der Waals surface area contributed by atoms with Gasteiger partial charge in [0.05, 0.1) is 6.61 Å². The van der Waals surface area contributed by atoms with E-state index in [1.165, 1.54) is 0 Å². The Morgan fingerprint density at radius 1 is 1.46 bits per heavy atom. The maximum Gasteiger partial charge on any atom is 0.319 e. The molecule has 13 heavy (non-hydrogen) atoms. The summed E-state index contributed by atoms with van der Waals surface area (Å²) in [6.07, 6.45) is 1.43. The molecule has 1 atom stereocenters. The highest BCUT2D eigenvalue weighted by molar-refractivity contribution is 5.90. The Kier molecular flexibility index (Phi) is 3.70. The van der Waals surface area contributed by atoms with Crippen molar-refractivity contribution in [2.75, 3.05) is 6.61 Å². The SMILES string of the molecule is O=C(O)CC(=O)OC1CCCCO1. The van der Waals surface area contributed by atoms with Gasteiger partial charge in [-0.1, -0.05) is 0 Å². The van der Waals surface area contributed by atoms with E-state index in [2.05, 4.69) is 0 Å². The summed E-state index contributed by atoms with van der Waals surface area (Å²) in [7, 11) is 0. The number of hydrogen-bond donors (Lipinski definition) is 1. The van der Waals surface area contributed by atoms with Gasteiger partial charge < -0.3 is 14.6 Å². The van der Waals surface area contributed by atoms with Crippen molar-refractivity contribution in [3.63, 3.8) is 0 Å². The zero-order chi connectivity index (χ0) is 9.68. The van der Waals surface area contributed by atoms with Crippen LogP contribution in [0.2, 0.25) is 0 Å². The second-order valence-electron chi connectivity index (χ2n) is 2.86. The molecule has 1 saturated heterocycles. The van der Waals surface area contributed by atoms with Crippen molar-refractivity contribution in [3.05, 3.63) is 0 Å². The molecule has 1 aliphatic heterocycles. The molecule has 0 aromatic heterocycles. The molecule has 0 aromatic rings. The number of carbonyl (C=O) groups excluding carboxylic acids is 1. The lowest BCUT2D eigenvalue weighted by Gasteiger charge is -2.21. The van der Waals surface area contributed by atoms with E-state index >= 15 is 0 Å². The van der Waals surface area contributed by atoms with Crippen LogP contribution >= 0.6 is 0 Å². The fourth-order valence-electron chi connectivity index (χ4n) is 1.12. The van der Waals surface area contributed by atoms with E-state index in [-0.39, 0.29) is 0 Å². The van der Waals surface area contributed by atoms with Crippen molar-refractivity contribution in [2.24, 2.45) is 0 Å². The van der Waals surface area contributed by atoms with Crippen molar-refractivity contribution in [1.29, 1.82) is 0 Å². The second-order valence-corrected chi connectivity index (χ2v) is 2.86. The van der Waals surface area contributed by atoms with Crippen molar-refractivity contribution >= 4 is 11.9 Å². The number of carbonyl (C=O) groups is 2. The number of carboxylic acids is 1. The molecule has 5 heteroatoms. The number of ether oxygens (including phenoxy) is 2. The Morgan fingerprint density at radius 3 is 2.77 bits per heavy atom. The maximum atomic E-state index is 10.8. The van der Waals surface area contributed by atoms with E-state index in [0.717, 1.165) is 12.8 Å². The number of esters is 1. The first-order valence-corrected chi connectivity index (χ1v) is 4.21. The lowest BCUT2D eigenvalue weighted by atomic mass is 10.2. The van der Waals surface area contributed by atoms with Crippen molar-refractivity contribution < 1.29 is 24.2 Å². The van der Waals surface area contributed by atoms with Gasteiger partial charge in [0.1, 0.15) is 6.42 Å². The molecule has 0 aromatic carbocycles. The average Bonchev–Trinajstić information content (AvgIpc) is 2.04. The van der Waals surface area contributed by atoms with Gasteiger partial charge in [0, 0.05) is 6.42 Å². The third-order valence-electron chi connectivity index (χ3n) is 1.70. The molecule has 0 saturated carbocycles. The van der Waals surface area contributed by atoms with E-state index in [0.29, 0.717) is 13.0 Å². The van der Waals surface area contributed by atoms with Crippen LogP contribution in [-0.2, 0) is 19.1 Å². The Morgan fingerprint density at radius 2 is 2.23 bits per heavy atom. The zero-order valence-corrected chi connectivity index (χ0v) is 7.19. The topological polar surface area (TPSA) is 72.8 Å². The van der Waals surface area contributed by atoms with Crippen LogP contribution in [0.25, 0.3) is 0 Å². The number of rotatable bonds is 3. The van der Waals surface area contributed by atoms with E-state index in [9.17, 15) is 9.59 Å². The van der Waals surface area contributed by atoms with Gasteiger partial charge >= 0.3 is 11.9 Å². The van der Waals surface area contributed by atoms with E-state index in [4.69, 9.17) is 14.6 Å². The summed E-state index contributed by atoms with van der Waals surface area (Å²) in [5, 5.41) is 8.27. The first-order valence-electron chi connectivity index (χ1n) is 4.21. The van der Waals surface area contributed by atoms with Crippen LogP contribution in [0.15, 0.2) is 0 Å². The van der Waals surface area contributed by atoms with Crippen molar-refractivity contribution in [1.82, 2.24) is 0 Å². The first-order chi connectivity index (χ1) is 6.18. The highest BCUT2D eigenvalue weighted by atomic mass is 16.7. The standard InChI is InChI=1S/C8H12O5/c9-6(10)5-7(11)13-8-3-1-2-4-12-8/h8H,1-5H2,(H,9,10). The molecule has 1 rings (SSSR count). The third-order valence-corrected chi connectivity index (χ3v) is 1.70. The molecule has 0 spiro atoms. The summed E-state index contributed by atoms with van der Waals surface area (Å²) < 4.78 is 9.85. The monoisotopic (exact) mass is 188 g/mol. The fourth-order valence-corrected chi connectivity index (χ4v) is 1.12. The summed E-state index contributed by atoms with van der Waals surface area (Å²) >= 11 is 0. The van der Waals surface area contributed by atoms with Gasteiger partial charge in [-0.05, 0) is 12.8 Å². The van der Waals surface area contributed by atoms with Crippen molar-refractivity contribution in [3.8, 4) is 0 Å². The molecular weight excluding hydrogens is 176 g/mol. The predicted molar refractivity (Wildman–Crippen MR) is 41.9 cm³/mol. The van der Waals surface area contributed by atoms with E-state index in [1.54, 1.807) is 0 Å². The van der Waals surface area contributed by atoms with Gasteiger partial charge in [-0.3, -0.25) is 9.59 Å². The molecule has 1 heterocycles. The van der Waals surface area contributed by atoms with Crippen LogP contribution in [0.1, 0.15) is 25.7 Å². The molecule has 0 aliphatic carbocycles. The minimum atomic E-state index is -1.18. The summed E-state index contributed by atoms with van der Waals surface area (Å²) in [4.78, 5) is 20.9. The smallest absolute Gasteiger partial charge is 0.319 e. The van der Waals surface area contributed by atoms with Gasteiger partial charge in [-0.15, -0.1) is 0 Å². The lowest BCUT2D eigenvalue weighted by molar-refractivity contribution is -0.187. The quantitative estimate of drug-likeness (QED) is 0.516. The average molecular weight is 188 g/mol. The first kappa shape index (κ1) is 9.98. The van der Waals surface area contributed by atoms with Crippen LogP contribution in [0, 0.1) is 0 Å². The summed E-state index contributed by atoms with van der Waals surface area (Å²) in [5.74, 6) is -1.92. The normalized spacial score (nSPS) is 22.3. The van der Waals surface area contributed by atoms with Gasteiger partial charge in [0.2, 0.25) is 6.29 Å². The summed E-state index contributed by atoms with van der Waals surface area (Å²) in [6, 6.07) is 0. The summed E-state index contributed by atoms with van der Waals surface area (Å²) in [5.41, 5.74) is 0. The zero-order valence-electron chi connectivity index (χ0n) is 7.19. The van der Waals surface area contributed by atoms with Crippen LogP contribution < -0.4 is 0 Å². The molecule has 1 N–H and O–H groups in total. The number of carboxylic acid groups (broad SMARTS) is 1. The van der Waals surface area contributed by atoms with Gasteiger partial charge in [-0.2, -0.15) is 0 Å². The molecule has 1 unspecified atom stereocenters. The lowest BCUT2D eigenvalue weighted by Crippen LogP contribution is -2.26. The molecule has 0 bridgehead atoms. The highest BCUT2D eigenvalue weighted by Gasteiger charge is 2.19. The molecule has 1 aliphatic rings. The Labute approximate surface area is 75.6 Å². The maximum absolute atomic E-state index is 10.8. The molecule has 74 valence electrons. The van der Waals surface area contributed by atoms with Gasteiger partial charge in [-0.25, -0.2) is 0 Å². The largest absolute Gasteiger partial charge is 0.481 e. The molecule has 0 radical (unpaired) electrons. The molecule has 5 nitrogen and oxygen atoms in total. The van der Waals surface area contributed by atoms with Crippen LogP contribution in [-0.4, -0.2) is 29.9 Å². The molecule has 0 amide bonds. The molecular formula is C8H12O5. The van der Waals surface area contributed by atoms with Crippen LogP contribution in [0.5, 0.6) is 0 Å². The summed E-state index contributed by atoms with van der Waals surface area (Å²) in [6.45, 7) is 0.574. The fraction of sp³-hybridized carbons (Fsp3) is 0.750. The van der Waals surface area contributed by atoms with Crippen LogP contribution in [0.3, 0.4) is 0 Å². The van der Waals surface area contributed by atoms with E-state index in [1.807, 2.05) is 0 Å². The molecule has 1 fully saturated rings. The van der Waals surface area contributed by atoms with E-state index < -0.39 is 24.6 Å². The minimum absolute atomic E-state index is 0.541. The van der Waals surface area contributed by atoms with Gasteiger partial charge in [0.25, 0.3) is 0 Å². The third kappa shape index (κ3) is 3.89. The Bertz CT molecular complexity index is 195. The van der Waals surface area contributed by atoms with Crippen molar-refractivity contribution in [2.45, 2.75) is 32.0 Å². The highest BCUT2D eigenvalue weighted by Crippen LogP contribution is 2.14. The minimum Gasteiger partial charge on any atom is -0.481 e. The predicted octanol–water partition coefficient (Wildman–Crippen LogP) is 0.531. The number of aliphatic carboxylic acids is 1.